The van der Waals surface area contributed by atoms with Gasteiger partial charge in [0.15, 0.2) is 0 Å². The van der Waals surface area contributed by atoms with Gasteiger partial charge in [0.25, 0.3) is 0 Å². The number of hydrogen-bond acceptors (Lipinski definition) is 3. The van der Waals surface area contributed by atoms with Crippen molar-refractivity contribution in [3.8, 4) is 0 Å². The second-order valence-electron chi connectivity index (χ2n) is 6.97. The second kappa shape index (κ2) is 7.79. The van der Waals surface area contributed by atoms with E-state index in [1.165, 1.54) is 37.7 Å². The average Bonchev–Trinajstić information content (AvgIpc) is 3.04. The lowest BCUT2D eigenvalue weighted by Gasteiger charge is -2.22. The third-order valence-electron chi connectivity index (χ3n) is 5.27. The van der Waals surface area contributed by atoms with Crippen molar-refractivity contribution in [2.24, 2.45) is 0 Å². The summed E-state index contributed by atoms with van der Waals surface area (Å²) in [5.74, 6) is -0.324. The van der Waals surface area contributed by atoms with Crippen molar-refractivity contribution in [2.45, 2.75) is 56.9 Å². The molecule has 0 bridgehead atoms. The molecule has 1 amide bonds. The van der Waals surface area contributed by atoms with Crippen LogP contribution in [-0.2, 0) is 9.59 Å². The second-order valence-corrected chi connectivity index (χ2v) is 6.97. The highest BCUT2D eigenvalue weighted by atomic mass is 16.4. The molecule has 1 aliphatic carbocycles. The van der Waals surface area contributed by atoms with E-state index in [2.05, 4.69) is 17.4 Å². The van der Waals surface area contributed by atoms with Crippen molar-refractivity contribution in [1.82, 2.24) is 4.90 Å². The van der Waals surface area contributed by atoms with E-state index in [4.69, 9.17) is 5.11 Å². The summed E-state index contributed by atoms with van der Waals surface area (Å²) >= 11 is 0. The van der Waals surface area contributed by atoms with E-state index in [1.54, 1.807) is 4.90 Å². The van der Waals surface area contributed by atoms with Gasteiger partial charge in [-0.05, 0) is 55.8 Å². The van der Waals surface area contributed by atoms with Gasteiger partial charge in [0.1, 0.15) is 6.04 Å². The molecular weight excluding hydrogens is 304 g/mol. The highest BCUT2D eigenvalue weighted by molar-refractivity contribution is 5.92. The largest absolute Gasteiger partial charge is 0.480 e. The molecule has 2 fully saturated rings. The minimum absolute atomic E-state index is 0.140. The standard InChI is InChI=1S/C19H26N2O3/c22-18(13-21-12-4-7-17(21)19(23)24)20-16-10-8-15(9-11-16)14-5-2-1-3-6-14/h8-11,14,17H,1-7,12-13H2,(H,20,22)(H,23,24). The highest BCUT2D eigenvalue weighted by Gasteiger charge is 2.31. The van der Waals surface area contributed by atoms with Crippen LogP contribution in [0.1, 0.15) is 56.4 Å². The van der Waals surface area contributed by atoms with E-state index in [-0.39, 0.29) is 12.5 Å². The Balaban J connectivity index is 1.53. The first kappa shape index (κ1) is 17.0. The van der Waals surface area contributed by atoms with Crippen LogP contribution >= 0.6 is 0 Å². The lowest BCUT2D eigenvalue weighted by molar-refractivity contribution is -0.142. The summed E-state index contributed by atoms with van der Waals surface area (Å²) in [4.78, 5) is 25.1. The van der Waals surface area contributed by atoms with Crippen LogP contribution in [-0.4, -0.2) is 41.0 Å². The zero-order valence-corrected chi connectivity index (χ0v) is 14.0. The number of likely N-dealkylation sites (tertiary alicyclic amines) is 1. The number of anilines is 1. The molecule has 1 heterocycles. The first-order valence-electron chi connectivity index (χ1n) is 9.00. The predicted molar refractivity (Wildman–Crippen MR) is 93.1 cm³/mol. The quantitative estimate of drug-likeness (QED) is 0.870. The molecule has 1 saturated heterocycles. The number of carbonyl (C=O) groups excluding carboxylic acids is 1. The van der Waals surface area contributed by atoms with Crippen molar-refractivity contribution in [2.75, 3.05) is 18.4 Å². The van der Waals surface area contributed by atoms with Gasteiger partial charge in [-0.25, -0.2) is 0 Å². The number of aliphatic carboxylic acids is 1. The van der Waals surface area contributed by atoms with Gasteiger partial charge in [-0.1, -0.05) is 31.4 Å². The van der Waals surface area contributed by atoms with Gasteiger partial charge in [-0.3, -0.25) is 14.5 Å². The maximum atomic E-state index is 12.2. The molecular formula is C19H26N2O3. The Morgan fingerprint density at radius 2 is 1.75 bits per heavy atom. The number of amides is 1. The van der Waals surface area contributed by atoms with Gasteiger partial charge < -0.3 is 10.4 Å². The van der Waals surface area contributed by atoms with Gasteiger partial charge >= 0.3 is 5.97 Å². The van der Waals surface area contributed by atoms with Crippen LogP contribution in [0.3, 0.4) is 0 Å². The summed E-state index contributed by atoms with van der Waals surface area (Å²) < 4.78 is 0. The smallest absolute Gasteiger partial charge is 0.320 e. The fourth-order valence-corrected chi connectivity index (χ4v) is 3.95. The maximum absolute atomic E-state index is 12.2. The van der Waals surface area contributed by atoms with E-state index in [9.17, 15) is 9.59 Å². The molecule has 3 rings (SSSR count). The molecule has 2 aliphatic rings. The number of carbonyl (C=O) groups is 2. The third kappa shape index (κ3) is 4.15. The average molecular weight is 330 g/mol. The Bertz CT molecular complexity index is 579. The van der Waals surface area contributed by atoms with Crippen LogP contribution in [0.25, 0.3) is 0 Å². The van der Waals surface area contributed by atoms with Crippen molar-refractivity contribution in [3.05, 3.63) is 29.8 Å². The van der Waals surface area contributed by atoms with Gasteiger partial charge in [0.05, 0.1) is 6.54 Å². The topological polar surface area (TPSA) is 69.6 Å². The molecule has 5 nitrogen and oxygen atoms in total. The molecule has 24 heavy (non-hydrogen) atoms. The first-order chi connectivity index (χ1) is 11.6. The zero-order valence-electron chi connectivity index (χ0n) is 14.0. The summed E-state index contributed by atoms with van der Waals surface area (Å²) in [7, 11) is 0. The fourth-order valence-electron chi connectivity index (χ4n) is 3.95. The predicted octanol–water partition coefficient (Wildman–Crippen LogP) is 3.22. The number of hydrogen-bond donors (Lipinski definition) is 2. The Morgan fingerprint density at radius 1 is 1.04 bits per heavy atom. The van der Waals surface area contributed by atoms with Gasteiger partial charge in [0.2, 0.25) is 5.91 Å². The monoisotopic (exact) mass is 330 g/mol. The van der Waals surface area contributed by atoms with Gasteiger partial charge in [0, 0.05) is 5.69 Å². The minimum atomic E-state index is -0.836. The Kier molecular flexibility index (Phi) is 5.51. The molecule has 1 aromatic rings. The first-order valence-corrected chi connectivity index (χ1v) is 9.00. The molecule has 0 aromatic heterocycles. The van der Waals surface area contributed by atoms with Crippen LogP contribution in [0, 0.1) is 0 Å². The number of nitrogens with one attached hydrogen (secondary N) is 1. The normalized spacial score (nSPS) is 22.4. The van der Waals surface area contributed by atoms with E-state index in [0.29, 0.717) is 18.9 Å². The molecule has 5 heteroatoms. The number of carboxylic acid groups (broad SMARTS) is 1. The summed E-state index contributed by atoms with van der Waals surface area (Å²) in [6.45, 7) is 0.812. The number of rotatable bonds is 5. The summed E-state index contributed by atoms with van der Waals surface area (Å²) in [5.41, 5.74) is 2.14. The van der Waals surface area contributed by atoms with Crippen molar-refractivity contribution in [1.29, 1.82) is 0 Å². The molecule has 1 aliphatic heterocycles. The van der Waals surface area contributed by atoms with Gasteiger partial charge in [-0.2, -0.15) is 0 Å². The highest BCUT2D eigenvalue weighted by Crippen LogP contribution is 2.32. The van der Waals surface area contributed by atoms with Gasteiger partial charge in [-0.15, -0.1) is 0 Å². The van der Waals surface area contributed by atoms with Crippen LogP contribution in [0.4, 0.5) is 5.69 Å². The molecule has 0 radical (unpaired) electrons. The molecule has 1 unspecified atom stereocenters. The minimum Gasteiger partial charge on any atom is -0.480 e. The molecule has 1 saturated carbocycles. The van der Waals surface area contributed by atoms with Crippen LogP contribution in [0.2, 0.25) is 0 Å². The van der Waals surface area contributed by atoms with Crippen LogP contribution in [0.5, 0.6) is 0 Å². The van der Waals surface area contributed by atoms with E-state index in [1.807, 2.05) is 12.1 Å². The molecule has 2 N–H and O–H groups in total. The summed E-state index contributed by atoms with van der Waals surface area (Å²) in [5, 5.41) is 12.1. The zero-order chi connectivity index (χ0) is 16.9. The maximum Gasteiger partial charge on any atom is 0.320 e. The lowest BCUT2D eigenvalue weighted by Crippen LogP contribution is -2.40. The van der Waals surface area contributed by atoms with E-state index >= 15 is 0 Å². The SMILES string of the molecule is O=C(CN1CCCC1C(=O)O)Nc1ccc(C2CCCCC2)cc1. The Hall–Kier alpha value is -1.88. The number of benzene rings is 1. The molecule has 1 aromatic carbocycles. The fraction of sp³-hybridized carbons (Fsp3) is 0.579. The lowest BCUT2D eigenvalue weighted by atomic mass is 9.84. The number of carboxylic acids is 1. The molecule has 130 valence electrons. The van der Waals surface area contributed by atoms with E-state index < -0.39 is 12.0 Å². The number of nitrogens with zero attached hydrogens (tertiary/aromatic N) is 1. The Morgan fingerprint density at radius 3 is 2.42 bits per heavy atom. The third-order valence-corrected chi connectivity index (χ3v) is 5.27. The van der Waals surface area contributed by atoms with E-state index in [0.717, 1.165) is 12.1 Å². The molecule has 0 spiro atoms. The van der Waals surface area contributed by atoms with Crippen molar-refractivity contribution in [3.63, 3.8) is 0 Å². The Labute approximate surface area is 143 Å². The van der Waals surface area contributed by atoms with Crippen LogP contribution in [0.15, 0.2) is 24.3 Å². The molecule has 1 atom stereocenters. The van der Waals surface area contributed by atoms with Crippen molar-refractivity contribution >= 4 is 17.6 Å². The van der Waals surface area contributed by atoms with Crippen LogP contribution < -0.4 is 5.32 Å². The summed E-state index contributed by atoms with van der Waals surface area (Å²) in [6, 6.07) is 7.62. The summed E-state index contributed by atoms with van der Waals surface area (Å²) in [6.07, 6.45) is 7.94. The van der Waals surface area contributed by atoms with Crippen molar-refractivity contribution < 1.29 is 14.7 Å².